The first-order valence-electron chi connectivity index (χ1n) is 6.65. The number of rotatable bonds is 4. The van der Waals surface area contributed by atoms with Crippen LogP contribution in [0.1, 0.15) is 20.3 Å². The zero-order chi connectivity index (χ0) is 14.1. The highest BCUT2D eigenvalue weighted by Crippen LogP contribution is 2.32. The molecule has 20 heavy (non-hydrogen) atoms. The van der Waals surface area contributed by atoms with E-state index in [9.17, 15) is 4.79 Å². The third-order valence-electron chi connectivity index (χ3n) is 3.12. The SMILES string of the molecule is CCOc1ccc2nc(S[C@@H]3C[C@@H](C)OC3=O)[nH]c2c1. The van der Waals surface area contributed by atoms with E-state index in [1.165, 1.54) is 11.8 Å². The van der Waals surface area contributed by atoms with Crippen molar-refractivity contribution >= 4 is 28.8 Å². The number of cyclic esters (lactones) is 1. The zero-order valence-corrected chi connectivity index (χ0v) is 12.2. The number of thioether (sulfide) groups is 1. The Kier molecular flexibility index (Phi) is 3.56. The van der Waals surface area contributed by atoms with Gasteiger partial charge in [0.05, 0.1) is 17.6 Å². The summed E-state index contributed by atoms with van der Waals surface area (Å²) in [4.78, 5) is 19.3. The quantitative estimate of drug-likeness (QED) is 0.878. The number of hydrogen-bond donors (Lipinski definition) is 1. The van der Waals surface area contributed by atoms with Crippen LogP contribution in [-0.4, -0.2) is 33.9 Å². The predicted octanol–water partition coefficient (Wildman–Crippen LogP) is 2.76. The van der Waals surface area contributed by atoms with Gasteiger partial charge in [0, 0.05) is 12.5 Å². The Labute approximate surface area is 121 Å². The Balaban J connectivity index is 1.80. The number of esters is 1. The third-order valence-corrected chi connectivity index (χ3v) is 4.21. The van der Waals surface area contributed by atoms with Crippen molar-refractivity contribution in [3.63, 3.8) is 0 Å². The molecule has 1 aliphatic heterocycles. The number of benzene rings is 1. The molecule has 0 aliphatic carbocycles. The number of carbonyl (C=O) groups excluding carboxylic acids is 1. The highest BCUT2D eigenvalue weighted by atomic mass is 32.2. The van der Waals surface area contributed by atoms with E-state index in [1.54, 1.807) is 0 Å². The second kappa shape index (κ2) is 5.36. The molecule has 2 aromatic rings. The molecule has 106 valence electrons. The van der Waals surface area contributed by atoms with Gasteiger partial charge in [0.25, 0.3) is 0 Å². The molecule has 3 rings (SSSR count). The smallest absolute Gasteiger partial charge is 0.319 e. The largest absolute Gasteiger partial charge is 0.494 e. The van der Waals surface area contributed by atoms with E-state index in [0.717, 1.165) is 28.4 Å². The van der Waals surface area contributed by atoms with Crippen molar-refractivity contribution in [1.29, 1.82) is 0 Å². The number of carbonyl (C=O) groups is 1. The van der Waals surface area contributed by atoms with Gasteiger partial charge in [-0.25, -0.2) is 4.98 Å². The molecule has 0 unspecified atom stereocenters. The Morgan fingerprint density at radius 2 is 2.40 bits per heavy atom. The molecule has 1 aromatic carbocycles. The summed E-state index contributed by atoms with van der Waals surface area (Å²) in [6.45, 7) is 4.49. The molecule has 2 atom stereocenters. The summed E-state index contributed by atoms with van der Waals surface area (Å²) in [6.07, 6.45) is 0.721. The van der Waals surface area contributed by atoms with E-state index in [2.05, 4.69) is 9.97 Å². The fourth-order valence-corrected chi connectivity index (χ4v) is 3.34. The Hall–Kier alpha value is -1.69. The van der Waals surface area contributed by atoms with Gasteiger partial charge in [-0.05, 0) is 26.0 Å². The lowest BCUT2D eigenvalue weighted by molar-refractivity contribution is -0.140. The molecule has 2 heterocycles. The van der Waals surface area contributed by atoms with Gasteiger partial charge in [-0.3, -0.25) is 4.79 Å². The van der Waals surface area contributed by atoms with Crippen LogP contribution in [-0.2, 0) is 9.53 Å². The van der Waals surface area contributed by atoms with Crippen LogP contribution in [0, 0.1) is 0 Å². The molecule has 0 radical (unpaired) electrons. The maximum absolute atomic E-state index is 11.6. The molecule has 1 saturated heterocycles. The first kappa shape index (κ1) is 13.3. The van der Waals surface area contributed by atoms with E-state index < -0.39 is 0 Å². The second-order valence-electron chi connectivity index (χ2n) is 4.74. The molecule has 1 fully saturated rings. The summed E-state index contributed by atoms with van der Waals surface area (Å²) < 4.78 is 10.6. The summed E-state index contributed by atoms with van der Waals surface area (Å²) in [7, 11) is 0. The van der Waals surface area contributed by atoms with Crippen LogP contribution in [0.25, 0.3) is 11.0 Å². The number of imidazole rings is 1. The molecule has 0 saturated carbocycles. The van der Waals surface area contributed by atoms with Gasteiger partial charge in [-0.1, -0.05) is 11.8 Å². The number of fused-ring (bicyclic) bond motifs is 1. The van der Waals surface area contributed by atoms with Crippen molar-refractivity contribution in [2.45, 2.75) is 36.8 Å². The zero-order valence-electron chi connectivity index (χ0n) is 11.4. The van der Waals surface area contributed by atoms with Crippen molar-refractivity contribution in [1.82, 2.24) is 9.97 Å². The summed E-state index contributed by atoms with van der Waals surface area (Å²) in [5.41, 5.74) is 1.79. The summed E-state index contributed by atoms with van der Waals surface area (Å²) >= 11 is 1.43. The molecular formula is C14H16N2O3S. The molecule has 0 bridgehead atoms. The van der Waals surface area contributed by atoms with Gasteiger partial charge in [0.15, 0.2) is 5.16 Å². The van der Waals surface area contributed by atoms with E-state index in [0.29, 0.717) is 6.61 Å². The van der Waals surface area contributed by atoms with Crippen molar-refractivity contribution in [2.75, 3.05) is 6.61 Å². The fraction of sp³-hybridized carbons (Fsp3) is 0.429. The maximum Gasteiger partial charge on any atom is 0.319 e. The van der Waals surface area contributed by atoms with Gasteiger partial charge in [-0.15, -0.1) is 0 Å². The van der Waals surface area contributed by atoms with Gasteiger partial charge in [-0.2, -0.15) is 0 Å². The lowest BCUT2D eigenvalue weighted by atomic mass is 10.3. The molecule has 1 N–H and O–H groups in total. The number of nitrogens with one attached hydrogen (secondary N) is 1. The standard InChI is InChI=1S/C14H16N2O3S/c1-3-18-9-4-5-10-11(7-9)16-14(15-10)20-12-6-8(2)19-13(12)17/h4-5,7-8,12H,3,6H2,1-2H3,(H,15,16)/t8-,12-/m1/s1. The molecular weight excluding hydrogens is 276 g/mol. The topological polar surface area (TPSA) is 64.2 Å². The van der Waals surface area contributed by atoms with Crippen LogP contribution >= 0.6 is 11.8 Å². The average molecular weight is 292 g/mol. The van der Waals surface area contributed by atoms with Gasteiger partial charge in [0.2, 0.25) is 0 Å². The summed E-state index contributed by atoms with van der Waals surface area (Å²) in [5, 5.41) is 0.571. The minimum atomic E-state index is -0.170. The van der Waals surface area contributed by atoms with Gasteiger partial charge >= 0.3 is 5.97 Å². The normalized spacial score (nSPS) is 22.2. The van der Waals surface area contributed by atoms with E-state index in [-0.39, 0.29) is 17.3 Å². The lowest BCUT2D eigenvalue weighted by Gasteiger charge is -2.01. The fourth-order valence-electron chi connectivity index (χ4n) is 2.23. The number of aromatic amines is 1. The van der Waals surface area contributed by atoms with Crippen molar-refractivity contribution in [3.05, 3.63) is 18.2 Å². The first-order chi connectivity index (χ1) is 9.65. The van der Waals surface area contributed by atoms with Gasteiger partial charge in [0.1, 0.15) is 17.1 Å². The molecule has 5 nitrogen and oxygen atoms in total. The predicted molar refractivity (Wildman–Crippen MR) is 77.1 cm³/mol. The average Bonchev–Trinajstić information content (AvgIpc) is 2.93. The lowest BCUT2D eigenvalue weighted by Crippen LogP contribution is -2.09. The van der Waals surface area contributed by atoms with E-state index in [4.69, 9.17) is 9.47 Å². The number of H-pyrrole nitrogens is 1. The summed E-state index contributed by atoms with van der Waals surface area (Å²) in [6, 6.07) is 5.73. The minimum Gasteiger partial charge on any atom is -0.494 e. The highest BCUT2D eigenvalue weighted by molar-refractivity contribution is 8.00. The van der Waals surface area contributed by atoms with Crippen molar-refractivity contribution in [3.8, 4) is 5.75 Å². The second-order valence-corrected chi connectivity index (χ2v) is 5.94. The third kappa shape index (κ3) is 2.60. The molecule has 0 amide bonds. The Bertz CT molecular complexity index is 640. The van der Waals surface area contributed by atoms with E-state index in [1.807, 2.05) is 32.0 Å². The Morgan fingerprint density at radius 1 is 1.55 bits per heavy atom. The minimum absolute atomic E-state index is 0.00562. The molecule has 0 spiro atoms. The van der Waals surface area contributed by atoms with E-state index >= 15 is 0 Å². The maximum atomic E-state index is 11.6. The monoisotopic (exact) mass is 292 g/mol. The van der Waals surface area contributed by atoms with Crippen molar-refractivity contribution in [2.24, 2.45) is 0 Å². The number of hydrogen-bond acceptors (Lipinski definition) is 5. The summed E-state index contributed by atoms with van der Waals surface area (Å²) in [5.74, 6) is 0.659. The van der Waals surface area contributed by atoms with Gasteiger partial charge < -0.3 is 14.5 Å². The van der Waals surface area contributed by atoms with Crippen LogP contribution in [0.15, 0.2) is 23.4 Å². The molecule has 1 aromatic heterocycles. The highest BCUT2D eigenvalue weighted by Gasteiger charge is 2.33. The molecule has 6 heteroatoms. The van der Waals surface area contributed by atoms with Crippen molar-refractivity contribution < 1.29 is 14.3 Å². The number of ether oxygens (including phenoxy) is 2. The van der Waals surface area contributed by atoms with Crippen LogP contribution in [0.5, 0.6) is 5.75 Å². The van der Waals surface area contributed by atoms with Crippen LogP contribution in [0.2, 0.25) is 0 Å². The molecule has 1 aliphatic rings. The Morgan fingerprint density at radius 3 is 3.10 bits per heavy atom. The first-order valence-corrected chi connectivity index (χ1v) is 7.53. The number of nitrogens with zero attached hydrogens (tertiary/aromatic N) is 1. The van der Waals surface area contributed by atoms with Crippen LogP contribution in [0.4, 0.5) is 0 Å². The van der Waals surface area contributed by atoms with Crippen LogP contribution in [0.3, 0.4) is 0 Å². The number of aromatic nitrogens is 2. The van der Waals surface area contributed by atoms with Crippen LogP contribution < -0.4 is 4.74 Å².